The molecule has 2 nitrogen and oxygen atoms in total. The van der Waals surface area contributed by atoms with Crippen molar-refractivity contribution in [2.45, 2.75) is 13.8 Å². The van der Waals surface area contributed by atoms with E-state index in [2.05, 4.69) is 0 Å². The number of benzene rings is 3. The van der Waals surface area contributed by atoms with Crippen molar-refractivity contribution in [1.82, 2.24) is 0 Å². The molecule has 0 saturated carbocycles. The summed E-state index contributed by atoms with van der Waals surface area (Å²) in [7, 11) is 0. The molecule has 0 bridgehead atoms. The topological polar surface area (TPSA) is 20.3 Å². The minimum absolute atomic E-state index is 0.217. The van der Waals surface area contributed by atoms with E-state index in [1.54, 1.807) is 36.1 Å². The van der Waals surface area contributed by atoms with Gasteiger partial charge >= 0.3 is 0 Å². The van der Waals surface area contributed by atoms with Crippen LogP contribution in [0.2, 0.25) is 0 Å². The third-order valence-electron chi connectivity index (χ3n) is 5.08. The molecule has 1 amide bonds. The van der Waals surface area contributed by atoms with E-state index in [9.17, 15) is 13.6 Å². The molecule has 0 aromatic heterocycles. The van der Waals surface area contributed by atoms with Gasteiger partial charge in [-0.05, 0) is 60.4 Å². The highest BCUT2D eigenvalue weighted by atomic mass is 19.1. The predicted octanol–water partition coefficient (Wildman–Crippen LogP) is 5.54. The standard InChI is InChI=1S/C24H19F2NO/c1-15-3-6-17(7-4-15)21-14-27(20-12-5-16(2)22(26)13-20)24(28)23(21)18-8-10-19(25)11-9-18/h3-13H,14H2,1-2H3. The van der Waals surface area contributed by atoms with E-state index in [0.29, 0.717) is 28.9 Å². The molecule has 1 aliphatic heterocycles. The van der Waals surface area contributed by atoms with Crippen LogP contribution in [-0.2, 0) is 4.79 Å². The average Bonchev–Trinajstić information content (AvgIpc) is 3.02. The lowest BCUT2D eigenvalue weighted by Crippen LogP contribution is -2.26. The van der Waals surface area contributed by atoms with Crippen LogP contribution in [0.25, 0.3) is 11.1 Å². The summed E-state index contributed by atoms with van der Waals surface area (Å²) >= 11 is 0. The summed E-state index contributed by atoms with van der Waals surface area (Å²) in [6.07, 6.45) is 0. The highest BCUT2D eigenvalue weighted by Crippen LogP contribution is 2.37. The monoisotopic (exact) mass is 375 g/mol. The Kier molecular flexibility index (Phi) is 4.55. The first-order chi connectivity index (χ1) is 13.4. The van der Waals surface area contributed by atoms with Gasteiger partial charge < -0.3 is 4.90 Å². The Morgan fingerprint density at radius 3 is 2.11 bits per heavy atom. The van der Waals surface area contributed by atoms with Crippen LogP contribution in [-0.4, -0.2) is 12.5 Å². The Morgan fingerprint density at radius 2 is 1.46 bits per heavy atom. The molecule has 0 radical (unpaired) electrons. The maximum absolute atomic E-state index is 14.1. The number of halogens is 2. The fraction of sp³-hybridized carbons (Fsp3) is 0.125. The molecule has 28 heavy (non-hydrogen) atoms. The lowest BCUT2D eigenvalue weighted by molar-refractivity contribution is -0.112. The van der Waals surface area contributed by atoms with E-state index in [4.69, 9.17) is 0 Å². The summed E-state index contributed by atoms with van der Waals surface area (Å²) in [5, 5.41) is 0. The molecule has 0 saturated heterocycles. The van der Waals surface area contributed by atoms with Crippen LogP contribution in [0, 0.1) is 25.5 Å². The molecular weight excluding hydrogens is 356 g/mol. The largest absolute Gasteiger partial charge is 0.304 e. The molecule has 0 unspecified atom stereocenters. The van der Waals surface area contributed by atoms with Gasteiger partial charge in [0, 0.05) is 5.69 Å². The van der Waals surface area contributed by atoms with Gasteiger partial charge in [-0.15, -0.1) is 0 Å². The Bertz CT molecular complexity index is 1080. The van der Waals surface area contributed by atoms with Crippen molar-refractivity contribution in [3.8, 4) is 0 Å². The molecule has 0 N–H and O–H groups in total. The molecular formula is C24H19F2NO. The van der Waals surface area contributed by atoms with Gasteiger partial charge in [-0.1, -0.05) is 48.0 Å². The number of carbonyl (C=O) groups is 1. The van der Waals surface area contributed by atoms with E-state index in [0.717, 1.165) is 16.7 Å². The molecule has 1 aliphatic rings. The van der Waals surface area contributed by atoms with Gasteiger partial charge in [0.25, 0.3) is 5.91 Å². The second kappa shape index (κ2) is 7.04. The molecule has 140 valence electrons. The van der Waals surface area contributed by atoms with E-state index in [1.807, 2.05) is 31.2 Å². The summed E-state index contributed by atoms with van der Waals surface area (Å²) in [5.74, 6) is -0.924. The predicted molar refractivity (Wildman–Crippen MR) is 108 cm³/mol. The fourth-order valence-corrected chi connectivity index (χ4v) is 3.44. The number of carbonyl (C=O) groups excluding carboxylic acids is 1. The van der Waals surface area contributed by atoms with Crippen molar-refractivity contribution >= 4 is 22.7 Å². The van der Waals surface area contributed by atoms with Crippen LogP contribution in [0.1, 0.15) is 22.3 Å². The third kappa shape index (κ3) is 3.22. The zero-order chi connectivity index (χ0) is 19.8. The summed E-state index contributed by atoms with van der Waals surface area (Å²) in [5.41, 5.74) is 5.10. The molecule has 3 aromatic carbocycles. The lowest BCUT2D eigenvalue weighted by atomic mass is 9.96. The fourth-order valence-electron chi connectivity index (χ4n) is 3.44. The maximum atomic E-state index is 14.1. The average molecular weight is 375 g/mol. The van der Waals surface area contributed by atoms with Crippen LogP contribution in [0.3, 0.4) is 0 Å². The van der Waals surface area contributed by atoms with E-state index >= 15 is 0 Å². The van der Waals surface area contributed by atoms with Gasteiger partial charge in [-0.2, -0.15) is 0 Å². The molecule has 4 heteroatoms. The van der Waals surface area contributed by atoms with Gasteiger partial charge in [-0.3, -0.25) is 4.79 Å². The van der Waals surface area contributed by atoms with Crippen molar-refractivity contribution in [3.05, 3.63) is 101 Å². The zero-order valence-corrected chi connectivity index (χ0v) is 15.7. The van der Waals surface area contributed by atoms with Crippen LogP contribution < -0.4 is 4.90 Å². The van der Waals surface area contributed by atoms with Gasteiger partial charge in [0.15, 0.2) is 0 Å². The van der Waals surface area contributed by atoms with Crippen LogP contribution >= 0.6 is 0 Å². The van der Waals surface area contributed by atoms with E-state index in [1.165, 1.54) is 18.2 Å². The number of rotatable bonds is 3. The maximum Gasteiger partial charge on any atom is 0.259 e. The minimum Gasteiger partial charge on any atom is -0.304 e. The van der Waals surface area contributed by atoms with E-state index < -0.39 is 0 Å². The van der Waals surface area contributed by atoms with Crippen molar-refractivity contribution in [1.29, 1.82) is 0 Å². The molecule has 0 spiro atoms. The lowest BCUT2D eigenvalue weighted by Gasteiger charge is -2.18. The first-order valence-electron chi connectivity index (χ1n) is 9.08. The summed E-state index contributed by atoms with van der Waals surface area (Å²) < 4.78 is 27.5. The highest BCUT2D eigenvalue weighted by molar-refractivity contribution is 6.36. The molecule has 1 heterocycles. The quantitative estimate of drug-likeness (QED) is 0.589. The third-order valence-corrected chi connectivity index (χ3v) is 5.08. The summed E-state index contributed by atoms with van der Waals surface area (Å²) in [4.78, 5) is 14.9. The van der Waals surface area contributed by atoms with Crippen LogP contribution in [0.4, 0.5) is 14.5 Å². The Labute approximate surface area is 162 Å². The van der Waals surface area contributed by atoms with E-state index in [-0.39, 0.29) is 17.5 Å². The van der Waals surface area contributed by atoms with Gasteiger partial charge in [0.05, 0.1) is 12.1 Å². The number of nitrogens with zero attached hydrogens (tertiary/aromatic N) is 1. The number of hydrogen-bond donors (Lipinski definition) is 0. The first kappa shape index (κ1) is 18.1. The number of hydrogen-bond acceptors (Lipinski definition) is 1. The number of amides is 1. The zero-order valence-electron chi connectivity index (χ0n) is 15.7. The van der Waals surface area contributed by atoms with Crippen molar-refractivity contribution in [2.24, 2.45) is 0 Å². The number of anilines is 1. The van der Waals surface area contributed by atoms with Gasteiger partial charge in [0.2, 0.25) is 0 Å². The SMILES string of the molecule is Cc1ccc(C2=C(c3ccc(F)cc3)C(=O)N(c3ccc(C)c(F)c3)C2)cc1. The van der Waals surface area contributed by atoms with Gasteiger partial charge in [-0.25, -0.2) is 8.78 Å². The molecule has 3 aromatic rings. The Morgan fingerprint density at radius 1 is 0.821 bits per heavy atom. The first-order valence-corrected chi connectivity index (χ1v) is 9.08. The Hall–Kier alpha value is -3.27. The molecule has 0 fully saturated rings. The van der Waals surface area contributed by atoms with Crippen molar-refractivity contribution in [3.63, 3.8) is 0 Å². The Balaban J connectivity index is 1.83. The van der Waals surface area contributed by atoms with Gasteiger partial charge in [0.1, 0.15) is 11.6 Å². The smallest absolute Gasteiger partial charge is 0.259 e. The minimum atomic E-state index is -0.357. The van der Waals surface area contributed by atoms with Crippen molar-refractivity contribution < 1.29 is 13.6 Å². The molecule has 0 atom stereocenters. The highest BCUT2D eigenvalue weighted by Gasteiger charge is 2.33. The van der Waals surface area contributed by atoms with Crippen LogP contribution in [0.5, 0.6) is 0 Å². The van der Waals surface area contributed by atoms with Crippen LogP contribution in [0.15, 0.2) is 66.7 Å². The molecule has 0 aliphatic carbocycles. The second-order valence-electron chi connectivity index (χ2n) is 7.05. The summed E-state index contributed by atoms with van der Waals surface area (Å²) in [6, 6.07) is 18.6. The molecule has 4 rings (SSSR count). The van der Waals surface area contributed by atoms with Crippen molar-refractivity contribution in [2.75, 3.05) is 11.4 Å². The second-order valence-corrected chi connectivity index (χ2v) is 7.05. The number of aryl methyl sites for hydroxylation is 2. The summed E-state index contributed by atoms with van der Waals surface area (Å²) in [6.45, 7) is 4.02. The normalized spacial score (nSPS) is 14.1.